The van der Waals surface area contributed by atoms with Gasteiger partial charge in [-0.15, -0.1) is 0 Å². The summed E-state index contributed by atoms with van der Waals surface area (Å²) in [7, 11) is -2.33. The van der Waals surface area contributed by atoms with Gasteiger partial charge in [0, 0.05) is 24.7 Å². The van der Waals surface area contributed by atoms with Crippen LogP contribution in [0.4, 0.5) is 0 Å². The van der Waals surface area contributed by atoms with Crippen molar-refractivity contribution in [3.63, 3.8) is 0 Å². The number of aromatic amines is 1. The van der Waals surface area contributed by atoms with Crippen molar-refractivity contribution in [1.82, 2.24) is 14.6 Å². The van der Waals surface area contributed by atoms with Gasteiger partial charge in [-0.25, -0.2) is 8.42 Å². The molecule has 1 unspecified atom stereocenters. The molecule has 9 heteroatoms. The van der Waals surface area contributed by atoms with E-state index in [2.05, 4.69) is 9.71 Å². The van der Waals surface area contributed by atoms with E-state index in [9.17, 15) is 18.0 Å². The molecule has 1 atom stereocenters. The molecule has 1 amide bonds. The van der Waals surface area contributed by atoms with Gasteiger partial charge in [0.15, 0.2) is 0 Å². The molecule has 2 N–H and O–H groups in total. The lowest BCUT2D eigenvalue weighted by Crippen LogP contribution is -2.41. The number of carbonyl (C=O) groups is 1. The highest BCUT2D eigenvalue weighted by Gasteiger charge is 2.35. The number of nitrogens with zero attached hydrogens (tertiary/aromatic N) is 1. The number of nitrogens with one attached hydrogen (secondary N) is 2. The average molecular weight is 478 g/mol. The summed E-state index contributed by atoms with van der Waals surface area (Å²) in [6.07, 6.45) is 0.389. The third-order valence-electron chi connectivity index (χ3n) is 6.09. The quantitative estimate of drug-likeness (QED) is 0.444. The van der Waals surface area contributed by atoms with Crippen molar-refractivity contribution in [3.05, 3.63) is 82.6 Å². The van der Waals surface area contributed by atoms with Crippen LogP contribution in [0.1, 0.15) is 12.0 Å². The van der Waals surface area contributed by atoms with Crippen molar-refractivity contribution in [2.24, 2.45) is 0 Å². The summed E-state index contributed by atoms with van der Waals surface area (Å²) in [5, 5.41) is 2.50. The summed E-state index contributed by atoms with van der Waals surface area (Å²) in [5.74, 6) is 0.379. The zero-order chi connectivity index (χ0) is 23.9. The number of H-pyrrole nitrogens is 1. The van der Waals surface area contributed by atoms with Crippen molar-refractivity contribution in [2.45, 2.75) is 23.9 Å². The van der Waals surface area contributed by atoms with Gasteiger partial charge in [-0.1, -0.05) is 18.2 Å². The van der Waals surface area contributed by atoms with Crippen molar-refractivity contribution >= 4 is 37.6 Å². The van der Waals surface area contributed by atoms with E-state index >= 15 is 0 Å². The minimum atomic E-state index is -3.89. The van der Waals surface area contributed by atoms with Crippen molar-refractivity contribution in [3.8, 4) is 5.75 Å². The molecule has 1 aromatic heterocycles. The van der Waals surface area contributed by atoms with Gasteiger partial charge in [0.2, 0.25) is 21.5 Å². The van der Waals surface area contributed by atoms with E-state index in [1.165, 1.54) is 12.1 Å². The monoisotopic (exact) mass is 477 g/mol. The normalized spacial score (nSPS) is 16.4. The molecule has 0 aliphatic carbocycles. The summed E-state index contributed by atoms with van der Waals surface area (Å²) >= 11 is 0. The maximum absolute atomic E-state index is 13.0. The van der Waals surface area contributed by atoms with Crippen LogP contribution in [0.5, 0.6) is 5.75 Å². The smallest absolute Gasteiger partial charge is 0.248 e. The van der Waals surface area contributed by atoms with Crippen molar-refractivity contribution in [1.29, 1.82) is 0 Å². The van der Waals surface area contributed by atoms with Crippen LogP contribution in [-0.4, -0.2) is 43.9 Å². The van der Waals surface area contributed by atoms with Gasteiger partial charge in [-0.3, -0.25) is 9.59 Å². The van der Waals surface area contributed by atoms with Crippen LogP contribution in [0.2, 0.25) is 0 Å². The molecule has 174 valence electrons. The van der Waals surface area contributed by atoms with Crippen molar-refractivity contribution in [2.75, 3.05) is 13.7 Å². The molecule has 1 aliphatic rings. The third kappa shape index (κ3) is 4.27. The number of rotatable bonds is 6. The Hall–Kier alpha value is -3.69. The third-order valence-corrected chi connectivity index (χ3v) is 7.55. The first-order valence-electron chi connectivity index (χ1n) is 10.8. The SMILES string of the molecule is COc1ccc2ccc(S(=O)(=O)NC3CCN(Cc4ccc5[nH]c(=O)ccc5c4)C3=O)cc2c1. The van der Waals surface area contributed by atoms with Gasteiger partial charge >= 0.3 is 0 Å². The Labute approximate surface area is 196 Å². The second-order valence-corrected chi connectivity index (χ2v) is 10.1. The first-order chi connectivity index (χ1) is 16.3. The molecule has 0 radical (unpaired) electrons. The van der Waals surface area contributed by atoms with E-state index in [4.69, 9.17) is 4.74 Å². The Morgan fingerprint density at radius 3 is 2.59 bits per heavy atom. The van der Waals surface area contributed by atoms with Gasteiger partial charge in [-0.05, 0) is 70.6 Å². The number of aromatic nitrogens is 1. The standard InChI is InChI=1S/C25H23N3O5S/c1-33-20-6-3-17-4-7-21(14-19(17)13-20)34(31,32)27-23-10-11-28(25(23)30)15-16-2-8-22-18(12-16)5-9-24(29)26-22/h2-9,12-14,23,27H,10-11,15H2,1H3,(H,26,29). The molecule has 0 saturated carbocycles. The fourth-order valence-corrected chi connectivity index (χ4v) is 5.54. The van der Waals surface area contributed by atoms with Crippen LogP contribution in [0.3, 0.4) is 0 Å². The molecular weight excluding hydrogens is 454 g/mol. The van der Waals surface area contributed by atoms with E-state index in [1.807, 2.05) is 30.3 Å². The maximum atomic E-state index is 13.0. The van der Waals surface area contributed by atoms with Crippen LogP contribution in [0.25, 0.3) is 21.7 Å². The number of hydrogen-bond acceptors (Lipinski definition) is 5. The largest absolute Gasteiger partial charge is 0.497 e. The highest BCUT2D eigenvalue weighted by Crippen LogP contribution is 2.25. The van der Waals surface area contributed by atoms with Gasteiger partial charge in [-0.2, -0.15) is 4.72 Å². The van der Waals surface area contributed by atoms with E-state index < -0.39 is 16.1 Å². The maximum Gasteiger partial charge on any atom is 0.248 e. The topological polar surface area (TPSA) is 109 Å². The summed E-state index contributed by atoms with van der Waals surface area (Å²) in [6.45, 7) is 0.812. The second-order valence-electron chi connectivity index (χ2n) is 8.34. The Kier molecular flexibility index (Phi) is 5.59. The van der Waals surface area contributed by atoms with Gasteiger partial charge in [0.25, 0.3) is 0 Å². The molecule has 8 nitrogen and oxygen atoms in total. The number of fused-ring (bicyclic) bond motifs is 2. The Bertz CT molecular complexity index is 1580. The molecule has 0 spiro atoms. The van der Waals surface area contributed by atoms with Crippen molar-refractivity contribution < 1.29 is 17.9 Å². The molecule has 2 heterocycles. The number of benzene rings is 3. The lowest BCUT2D eigenvalue weighted by Gasteiger charge is -2.18. The van der Waals surface area contributed by atoms with Crippen LogP contribution in [0, 0.1) is 0 Å². The predicted molar refractivity (Wildman–Crippen MR) is 129 cm³/mol. The summed E-state index contributed by atoms with van der Waals surface area (Å²) < 4.78 is 33.9. The van der Waals surface area contributed by atoms with Crippen LogP contribution in [0.15, 0.2) is 76.4 Å². The minimum absolute atomic E-state index is 0.100. The van der Waals surface area contributed by atoms with Crippen LogP contribution < -0.4 is 15.0 Å². The zero-order valence-electron chi connectivity index (χ0n) is 18.4. The fraction of sp³-hybridized carbons (Fsp3) is 0.200. The molecule has 34 heavy (non-hydrogen) atoms. The summed E-state index contributed by atoms with van der Waals surface area (Å²) in [6, 6.07) is 18.3. The molecule has 3 aromatic carbocycles. The highest BCUT2D eigenvalue weighted by atomic mass is 32.2. The van der Waals surface area contributed by atoms with Gasteiger partial charge in [0.05, 0.1) is 12.0 Å². The second kappa shape index (κ2) is 8.58. The molecule has 4 aromatic rings. The lowest BCUT2D eigenvalue weighted by atomic mass is 10.1. The molecular formula is C25H23N3O5S. The summed E-state index contributed by atoms with van der Waals surface area (Å²) in [4.78, 5) is 28.9. The fourth-order valence-electron chi connectivity index (χ4n) is 4.28. The summed E-state index contributed by atoms with van der Waals surface area (Å²) in [5.41, 5.74) is 1.46. The predicted octanol–water partition coefficient (Wildman–Crippen LogP) is 2.77. The van der Waals surface area contributed by atoms with E-state index in [-0.39, 0.29) is 16.4 Å². The number of methoxy groups -OCH3 is 1. The van der Waals surface area contributed by atoms with E-state index in [0.717, 1.165) is 27.2 Å². The van der Waals surface area contributed by atoms with Gasteiger partial charge in [0.1, 0.15) is 11.8 Å². The Balaban J connectivity index is 1.31. The number of sulfonamides is 1. The van der Waals surface area contributed by atoms with Crippen LogP contribution >= 0.6 is 0 Å². The minimum Gasteiger partial charge on any atom is -0.497 e. The highest BCUT2D eigenvalue weighted by molar-refractivity contribution is 7.89. The number of ether oxygens (including phenoxy) is 1. The van der Waals surface area contributed by atoms with Crippen LogP contribution in [-0.2, 0) is 21.4 Å². The average Bonchev–Trinajstić information content (AvgIpc) is 3.16. The molecule has 1 fully saturated rings. The first-order valence-corrected chi connectivity index (χ1v) is 12.3. The number of pyridine rings is 1. The van der Waals surface area contributed by atoms with Gasteiger partial charge < -0.3 is 14.6 Å². The first kappa shape index (κ1) is 22.1. The molecule has 1 aliphatic heterocycles. The molecule has 0 bridgehead atoms. The number of carbonyl (C=O) groups excluding carboxylic acids is 1. The lowest BCUT2D eigenvalue weighted by molar-refractivity contribution is -0.129. The number of likely N-dealkylation sites (tertiary alicyclic amines) is 1. The zero-order valence-corrected chi connectivity index (χ0v) is 19.3. The number of amides is 1. The van der Waals surface area contributed by atoms with E-state index in [0.29, 0.717) is 25.3 Å². The molecule has 5 rings (SSSR count). The Morgan fingerprint density at radius 1 is 0.971 bits per heavy atom. The Morgan fingerprint density at radius 2 is 1.76 bits per heavy atom. The number of hydrogen-bond donors (Lipinski definition) is 2. The van der Waals surface area contributed by atoms with E-state index in [1.54, 1.807) is 36.3 Å². The molecule has 1 saturated heterocycles.